The zero-order valence-corrected chi connectivity index (χ0v) is 9.28. The van der Waals surface area contributed by atoms with E-state index in [2.05, 4.69) is 0 Å². The Morgan fingerprint density at radius 1 is 1.19 bits per heavy atom. The van der Waals surface area contributed by atoms with Gasteiger partial charge in [-0.15, -0.1) is 0 Å². The van der Waals surface area contributed by atoms with Gasteiger partial charge in [0.2, 0.25) is 0 Å². The smallest absolute Gasteiger partial charge is 0.325 e. The molecule has 16 heavy (non-hydrogen) atoms. The summed E-state index contributed by atoms with van der Waals surface area (Å²) in [7, 11) is 0. The molecular weight excluding hydrogens is 219 g/mol. The Morgan fingerprint density at radius 3 is 2.25 bits per heavy atom. The normalized spacial score (nSPS) is 20.8. The van der Waals surface area contributed by atoms with E-state index < -0.39 is 24.6 Å². The summed E-state index contributed by atoms with van der Waals surface area (Å²) >= 11 is 0. The fourth-order valence-corrected chi connectivity index (χ4v) is 2.19. The first-order valence-electron chi connectivity index (χ1n) is 5.68. The Labute approximate surface area is 93.4 Å². The highest BCUT2D eigenvalue weighted by Crippen LogP contribution is 2.30. The molecule has 0 aromatic carbocycles. The zero-order chi connectivity index (χ0) is 12.2. The van der Waals surface area contributed by atoms with Crippen LogP contribution in [0.4, 0.5) is 13.2 Å². The number of hydrogen-bond donors (Lipinski definition) is 1. The molecule has 1 saturated carbocycles. The molecule has 0 aromatic rings. The highest BCUT2D eigenvalue weighted by Gasteiger charge is 2.32. The second-order valence-corrected chi connectivity index (χ2v) is 4.75. The van der Waals surface area contributed by atoms with Crippen molar-refractivity contribution in [3.05, 3.63) is 0 Å². The molecule has 0 bridgehead atoms. The average molecular weight is 237 g/mol. The second kappa shape index (κ2) is 5.17. The highest BCUT2D eigenvalue weighted by molar-refractivity contribution is 5.79. The first kappa shape index (κ1) is 13.5. The summed E-state index contributed by atoms with van der Waals surface area (Å²) in [5, 5.41) is 0. The van der Waals surface area contributed by atoms with E-state index in [1.807, 2.05) is 0 Å². The fraction of sp³-hybridized carbons (Fsp3) is 0.909. The van der Waals surface area contributed by atoms with E-state index >= 15 is 0 Å². The van der Waals surface area contributed by atoms with Gasteiger partial charge in [0.25, 0.3) is 0 Å². The van der Waals surface area contributed by atoms with Crippen LogP contribution in [-0.2, 0) is 4.79 Å². The maximum absolute atomic E-state index is 11.9. The van der Waals surface area contributed by atoms with Gasteiger partial charge < -0.3 is 5.73 Å². The van der Waals surface area contributed by atoms with Crippen molar-refractivity contribution in [1.29, 1.82) is 0 Å². The molecule has 0 atom stereocenters. The molecule has 94 valence electrons. The lowest BCUT2D eigenvalue weighted by Gasteiger charge is -2.32. The Hall–Kier alpha value is -0.580. The number of ketones is 1. The van der Waals surface area contributed by atoms with Crippen molar-refractivity contribution in [2.24, 2.45) is 5.73 Å². The lowest BCUT2D eigenvalue weighted by molar-refractivity contribution is -0.143. The highest BCUT2D eigenvalue weighted by atomic mass is 19.4. The molecule has 0 aliphatic heterocycles. The minimum atomic E-state index is -4.25. The van der Waals surface area contributed by atoms with Gasteiger partial charge in [-0.25, -0.2) is 0 Å². The summed E-state index contributed by atoms with van der Waals surface area (Å²) in [6, 6.07) is 0. The summed E-state index contributed by atoms with van der Waals surface area (Å²) in [6.07, 6.45) is -1.03. The third kappa shape index (κ3) is 4.96. The first-order valence-corrected chi connectivity index (χ1v) is 5.68. The minimum absolute atomic E-state index is 0.100. The lowest BCUT2D eigenvalue weighted by atomic mass is 9.79. The van der Waals surface area contributed by atoms with Crippen LogP contribution in [0.25, 0.3) is 0 Å². The maximum atomic E-state index is 11.9. The molecule has 1 fully saturated rings. The van der Waals surface area contributed by atoms with Crippen molar-refractivity contribution >= 4 is 5.78 Å². The van der Waals surface area contributed by atoms with Gasteiger partial charge in [-0.1, -0.05) is 19.3 Å². The molecule has 0 amide bonds. The van der Waals surface area contributed by atoms with Gasteiger partial charge >= 0.3 is 6.18 Å². The third-order valence-electron chi connectivity index (χ3n) is 3.09. The molecule has 0 aromatic heterocycles. The predicted molar refractivity (Wildman–Crippen MR) is 54.9 cm³/mol. The number of hydrogen-bond acceptors (Lipinski definition) is 2. The number of carbonyl (C=O) groups is 1. The fourth-order valence-electron chi connectivity index (χ4n) is 2.19. The van der Waals surface area contributed by atoms with Crippen molar-refractivity contribution < 1.29 is 18.0 Å². The molecular formula is C11H18F3NO. The molecule has 1 aliphatic carbocycles. The maximum Gasteiger partial charge on any atom is 0.389 e. The van der Waals surface area contributed by atoms with Gasteiger partial charge in [0, 0.05) is 18.4 Å². The van der Waals surface area contributed by atoms with Crippen LogP contribution in [0.15, 0.2) is 0 Å². The third-order valence-corrected chi connectivity index (χ3v) is 3.09. The van der Waals surface area contributed by atoms with Crippen molar-refractivity contribution in [2.45, 2.75) is 63.1 Å². The summed E-state index contributed by atoms with van der Waals surface area (Å²) < 4.78 is 35.7. The van der Waals surface area contributed by atoms with Crippen LogP contribution >= 0.6 is 0 Å². The standard InChI is InChI=1S/C11H18F3NO/c12-11(13,14)7-4-9(16)8-10(15)5-2-1-3-6-10/h1-8,15H2. The molecule has 2 N–H and O–H groups in total. The van der Waals surface area contributed by atoms with E-state index in [1.165, 1.54) is 0 Å². The van der Waals surface area contributed by atoms with Gasteiger partial charge in [-0.3, -0.25) is 4.79 Å². The van der Waals surface area contributed by atoms with Crippen LogP contribution in [0.5, 0.6) is 0 Å². The molecule has 0 radical (unpaired) electrons. The summed E-state index contributed by atoms with van der Waals surface area (Å²) in [5.41, 5.74) is 5.46. The van der Waals surface area contributed by atoms with Crippen molar-refractivity contribution in [2.75, 3.05) is 0 Å². The lowest BCUT2D eigenvalue weighted by Crippen LogP contribution is -2.43. The quantitative estimate of drug-likeness (QED) is 0.816. The molecule has 2 nitrogen and oxygen atoms in total. The predicted octanol–water partition coefficient (Wildman–Crippen LogP) is 2.95. The summed E-state index contributed by atoms with van der Waals surface area (Å²) in [4.78, 5) is 11.4. The van der Waals surface area contributed by atoms with E-state index in [9.17, 15) is 18.0 Å². The summed E-state index contributed by atoms with van der Waals surface area (Å²) in [6.45, 7) is 0. The minimum Gasteiger partial charge on any atom is -0.325 e. The summed E-state index contributed by atoms with van der Waals surface area (Å²) in [5.74, 6) is -0.360. The van der Waals surface area contributed by atoms with Crippen LogP contribution in [0.1, 0.15) is 51.4 Å². The van der Waals surface area contributed by atoms with E-state index in [4.69, 9.17) is 5.73 Å². The zero-order valence-electron chi connectivity index (χ0n) is 9.28. The number of alkyl halides is 3. The van der Waals surface area contributed by atoms with Crippen LogP contribution in [-0.4, -0.2) is 17.5 Å². The van der Waals surface area contributed by atoms with Crippen molar-refractivity contribution in [3.8, 4) is 0 Å². The Morgan fingerprint density at radius 2 is 1.75 bits per heavy atom. The van der Waals surface area contributed by atoms with Crippen LogP contribution < -0.4 is 5.73 Å². The van der Waals surface area contributed by atoms with Crippen LogP contribution in [0.2, 0.25) is 0 Å². The van der Waals surface area contributed by atoms with Crippen LogP contribution in [0.3, 0.4) is 0 Å². The molecule has 1 aliphatic rings. The molecule has 5 heteroatoms. The van der Waals surface area contributed by atoms with Gasteiger partial charge in [-0.05, 0) is 12.8 Å². The van der Waals surface area contributed by atoms with Crippen LogP contribution in [0, 0.1) is 0 Å². The number of carbonyl (C=O) groups excluding carboxylic acids is 1. The van der Waals surface area contributed by atoms with Gasteiger partial charge in [-0.2, -0.15) is 13.2 Å². The van der Waals surface area contributed by atoms with Gasteiger partial charge in [0.1, 0.15) is 5.78 Å². The second-order valence-electron chi connectivity index (χ2n) is 4.75. The van der Waals surface area contributed by atoms with E-state index in [1.54, 1.807) is 0 Å². The number of rotatable bonds is 4. The Balaban J connectivity index is 2.33. The molecule has 0 spiro atoms. The molecule has 0 unspecified atom stereocenters. The van der Waals surface area contributed by atoms with Crippen molar-refractivity contribution in [3.63, 3.8) is 0 Å². The average Bonchev–Trinajstić information content (AvgIpc) is 2.14. The van der Waals surface area contributed by atoms with Crippen molar-refractivity contribution in [1.82, 2.24) is 0 Å². The van der Waals surface area contributed by atoms with Gasteiger partial charge in [0.15, 0.2) is 0 Å². The molecule has 1 rings (SSSR count). The van der Waals surface area contributed by atoms with E-state index in [-0.39, 0.29) is 12.2 Å². The first-order chi connectivity index (χ1) is 7.31. The molecule has 0 heterocycles. The largest absolute Gasteiger partial charge is 0.389 e. The van der Waals surface area contributed by atoms with Gasteiger partial charge in [0.05, 0.1) is 6.42 Å². The molecule has 0 saturated heterocycles. The number of nitrogens with two attached hydrogens (primary N) is 1. The van der Waals surface area contributed by atoms with E-state index in [0.717, 1.165) is 32.1 Å². The number of Topliss-reactive ketones (excluding diaryl/α,β-unsaturated/α-hetero) is 1. The Bertz CT molecular complexity index is 244. The topological polar surface area (TPSA) is 43.1 Å². The van der Waals surface area contributed by atoms with E-state index in [0.29, 0.717) is 0 Å². The SMILES string of the molecule is NC1(CC(=O)CCC(F)(F)F)CCCCC1. The number of halogens is 3. The Kier molecular flexibility index (Phi) is 4.35. The monoisotopic (exact) mass is 237 g/mol.